The lowest BCUT2D eigenvalue weighted by molar-refractivity contribution is -0.129. The second kappa shape index (κ2) is 7.67. The number of carbonyl (C=O) groups is 1. The molecular weight excluding hydrogens is 350 g/mol. The highest BCUT2D eigenvalue weighted by Gasteiger charge is 2.56. The third-order valence-electron chi connectivity index (χ3n) is 6.00. The van der Waals surface area contributed by atoms with Gasteiger partial charge in [0, 0.05) is 31.8 Å². The van der Waals surface area contributed by atoms with E-state index in [1.54, 1.807) is 4.90 Å². The fourth-order valence-corrected chi connectivity index (χ4v) is 4.46. The number of fused-ring (bicyclic) bond motifs is 1. The van der Waals surface area contributed by atoms with E-state index in [1.807, 2.05) is 36.4 Å². The van der Waals surface area contributed by atoms with Crippen molar-refractivity contribution in [3.05, 3.63) is 47.5 Å². The third-order valence-corrected chi connectivity index (χ3v) is 6.00. The summed E-state index contributed by atoms with van der Waals surface area (Å²) in [6.45, 7) is 2.26. The highest BCUT2D eigenvalue weighted by atomic mass is 16.2. The molecule has 28 heavy (non-hydrogen) atoms. The van der Waals surface area contributed by atoms with Crippen molar-refractivity contribution in [2.45, 2.75) is 19.8 Å². The topological polar surface area (TPSA) is 116 Å². The van der Waals surface area contributed by atoms with Crippen LogP contribution in [0.1, 0.15) is 18.9 Å². The average molecular weight is 371 g/mol. The Kier molecular flexibility index (Phi) is 5.30. The zero-order valence-electron chi connectivity index (χ0n) is 15.7. The molecule has 6 heteroatoms. The van der Waals surface area contributed by atoms with E-state index < -0.39 is 17.3 Å². The van der Waals surface area contributed by atoms with Gasteiger partial charge in [0.1, 0.15) is 5.92 Å². The van der Waals surface area contributed by atoms with Gasteiger partial charge >= 0.3 is 0 Å². The van der Waals surface area contributed by atoms with Crippen LogP contribution in [0.4, 0.5) is 0 Å². The van der Waals surface area contributed by atoms with E-state index in [0.29, 0.717) is 25.9 Å². The molecule has 3 rings (SSSR count). The van der Waals surface area contributed by atoms with Gasteiger partial charge in [-0.3, -0.25) is 4.79 Å². The molecule has 3 atom stereocenters. The highest BCUT2D eigenvalue weighted by molar-refractivity contribution is 6.00. The Morgan fingerprint density at radius 1 is 1.25 bits per heavy atom. The smallest absolute Gasteiger partial charge is 0.219 e. The number of nitrogens with one attached hydrogen (secondary N) is 1. The number of rotatable bonds is 3. The summed E-state index contributed by atoms with van der Waals surface area (Å²) >= 11 is 0. The van der Waals surface area contributed by atoms with E-state index in [-0.39, 0.29) is 17.5 Å². The van der Waals surface area contributed by atoms with Gasteiger partial charge in [0.05, 0.1) is 23.9 Å². The SMILES string of the molecule is CC(=O)N1CC=C2C(C#N)C(=N)C(C#N)(C#N)[C@@H](CCc3ccccc3)[C@H]2C1. The first-order chi connectivity index (χ1) is 13.5. The molecule has 1 unspecified atom stereocenters. The summed E-state index contributed by atoms with van der Waals surface area (Å²) < 4.78 is 0. The van der Waals surface area contributed by atoms with Crippen LogP contribution < -0.4 is 0 Å². The maximum Gasteiger partial charge on any atom is 0.219 e. The Morgan fingerprint density at radius 3 is 2.50 bits per heavy atom. The molecule has 1 fully saturated rings. The number of nitrogens with zero attached hydrogens (tertiary/aromatic N) is 4. The zero-order valence-corrected chi connectivity index (χ0v) is 15.7. The quantitative estimate of drug-likeness (QED) is 0.822. The van der Waals surface area contributed by atoms with Gasteiger partial charge in [-0.1, -0.05) is 36.4 Å². The van der Waals surface area contributed by atoms with Crippen molar-refractivity contribution >= 4 is 11.6 Å². The van der Waals surface area contributed by atoms with Gasteiger partial charge in [0.15, 0.2) is 5.41 Å². The first-order valence-electron chi connectivity index (χ1n) is 9.29. The van der Waals surface area contributed by atoms with Crippen molar-refractivity contribution < 1.29 is 4.79 Å². The fourth-order valence-electron chi connectivity index (χ4n) is 4.46. The Bertz CT molecular complexity index is 930. The summed E-state index contributed by atoms with van der Waals surface area (Å²) in [5.74, 6) is -1.69. The summed E-state index contributed by atoms with van der Waals surface area (Å²) in [5.41, 5.74) is 0.0868. The number of hydrogen-bond acceptors (Lipinski definition) is 5. The van der Waals surface area contributed by atoms with Crippen molar-refractivity contribution in [3.8, 4) is 18.2 Å². The van der Waals surface area contributed by atoms with Gasteiger partial charge in [-0.15, -0.1) is 0 Å². The van der Waals surface area contributed by atoms with E-state index in [4.69, 9.17) is 5.41 Å². The first kappa shape index (κ1) is 19.3. The lowest BCUT2D eigenvalue weighted by Crippen LogP contribution is -2.54. The van der Waals surface area contributed by atoms with Crippen LogP contribution in [0.3, 0.4) is 0 Å². The zero-order chi connectivity index (χ0) is 20.3. The summed E-state index contributed by atoms with van der Waals surface area (Å²) in [6, 6.07) is 16.1. The second-order valence-corrected chi connectivity index (χ2v) is 7.37. The Hall–Kier alpha value is -3.43. The lowest BCUT2D eigenvalue weighted by atomic mass is 9.55. The molecule has 1 N–H and O–H groups in total. The standard InChI is InChI=1S/C22H21N5O/c1-15(28)27-10-9-17-18(11-23)21(26)22(13-24,14-25)20(19(17)12-27)8-7-16-5-3-2-4-6-16/h2-6,9,18-20,26H,7-8,10,12H2,1H3/t18?,19-,20-/m0/s1. The van der Waals surface area contributed by atoms with E-state index in [2.05, 4.69) is 18.2 Å². The molecule has 140 valence electrons. The number of benzene rings is 1. The molecular formula is C22H21N5O. The molecule has 1 saturated carbocycles. The molecule has 1 heterocycles. The fraction of sp³-hybridized carbons (Fsp3) is 0.409. The van der Waals surface area contributed by atoms with E-state index in [0.717, 1.165) is 11.1 Å². The summed E-state index contributed by atoms with van der Waals surface area (Å²) in [4.78, 5) is 13.6. The minimum absolute atomic E-state index is 0.0780. The molecule has 0 radical (unpaired) electrons. The molecule has 1 aromatic rings. The predicted octanol–water partition coefficient (Wildman–Crippen LogP) is 2.85. The van der Waals surface area contributed by atoms with Crippen LogP contribution in [0.25, 0.3) is 0 Å². The van der Waals surface area contributed by atoms with Gasteiger partial charge in [0.25, 0.3) is 0 Å². The molecule has 0 bridgehead atoms. The van der Waals surface area contributed by atoms with Gasteiger partial charge in [-0.05, 0) is 24.0 Å². The molecule has 1 amide bonds. The van der Waals surface area contributed by atoms with E-state index in [1.165, 1.54) is 6.92 Å². The second-order valence-electron chi connectivity index (χ2n) is 7.37. The Labute approximate surface area is 164 Å². The average Bonchev–Trinajstić information content (AvgIpc) is 2.72. The van der Waals surface area contributed by atoms with Gasteiger partial charge in [-0.2, -0.15) is 15.8 Å². The maximum absolute atomic E-state index is 11.9. The maximum atomic E-state index is 11.9. The van der Waals surface area contributed by atoms with Crippen LogP contribution in [-0.2, 0) is 11.2 Å². The van der Waals surface area contributed by atoms with E-state index >= 15 is 0 Å². The van der Waals surface area contributed by atoms with Crippen LogP contribution in [0.15, 0.2) is 42.0 Å². The largest absolute Gasteiger partial charge is 0.339 e. The van der Waals surface area contributed by atoms with Crippen molar-refractivity contribution in [2.24, 2.45) is 23.2 Å². The third kappa shape index (κ3) is 3.06. The van der Waals surface area contributed by atoms with Gasteiger partial charge in [0.2, 0.25) is 5.91 Å². The van der Waals surface area contributed by atoms with Crippen LogP contribution in [0, 0.1) is 62.6 Å². The predicted molar refractivity (Wildman–Crippen MR) is 103 cm³/mol. The van der Waals surface area contributed by atoms with Crippen molar-refractivity contribution in [2.75, 3.05) is 13.1 Å². The van der Waals surface area contributed by atoms with Gasteiger partial charge < -0.3 is 10.3 Å². The molecule has 1 aliphatic heterocycles. The van der Waals surface area contributed by atoms with Crippen LogP contribution >= 0.6 is 0 Å². The summed E-state index contributed by atoms with van der Waals surface area (Å²) in [7, 11) is 0. The van der Waals surface area contributed by atoms with Crippen molar-refractivity contribution in [1.29, 1.82) is 21.2 Å². The van der Waals surface area contributed by atoms with Crippen molar-refractivity contribution in [3.63, 3.8) is 0 Å². The molecule has 0 aromatic heterocycles. The van der Waals surface area contributed by atoms with Crippen molar-refractivity contribution in [1.82, 2.24) is 4.90 Å². The summed E-state index contributed by atoms with van der Waals surface area (Å²) in [6.07, 6.45) is 3.02. The van der Waals surface area contributed by atoms with Gasteiger partial charge in [-0.25, -0.2) is 0 Å². The minimum Gasteiger partial charge on any atom is -0.339 e. The number of amides is 1. The van der Waals surface area contributed by atoms with E-state index in [9.17, 15) is 20.6 Å². The minimum atomic E-state index is -1.66. The monoisotopic (exact) mass is 371 g/mol. The molecule has 0 spiro atoms. The molecule has 0 saturated heterocycles. The summed E-state index contributed by atoms with van der Waals surface area (Å²) in [5, 5.41) is 38.1. The lowest BCUT2D eigenvalue weighted by Gasteiger charge is -2.47. The molecule has 1 aliphatic carbocycles. The number of aryl methyl sites for hydroxylation is 1. The Balaban J connectivity index is 2.04. The van der Waals surface area contributed by atoms with Crippen LogP contribution in [-0.4, -0.2) is 29.6 Å². The first-order valence-corrected chi connectivity index (χ1v) is 9.29. The number of hydrogen-bond donors (Lipinski definition) is 1. The molecule has 6 nitrogen and oxygen atoms in total. The molecule has 2 aliphatic rings. The highest BCUT2D eigenvalue weighted by Crippen LogP contribution is 2.50. The van der Waals surface area contributed by atoms with Crippen LogP contribution in [0.2, 0.25) is 0 Å². The normalized spacial score (nSPS) is 25.5. The number of nitriles is 3. The Morgan fingerprint density at radius 2 is 1.93 bits per heavy atom. The molecule has 1 aromatic carbocycles. The number of carbonyl (C=O) groups excluding carboxylic acids is 1. The van der Waals surface area contributed by atoms with Crippen LogP contribution in [0.5, 0.6) is 0 Å².